The Bertz CT molecular complexity index is 670. The van der Waals surface area contributed by atoms with Gasteiger partial charge < -0.3 is 0 Å². The molecule has 0 radical (unpaired) electrons. The van der Waals surface area contributed by atoms with E-state index in [2.05, 4.69) is 79.1 Å². The Hall–Kier alpha value is -1.42. The molecule has 2 aromatic heterocycles. The summed E-state index contributed by atoms with van der Waals surface area (Å²) in [6, 6.07) is 20.0. The van der Waals surface area contributed by atoms with E-state index in [4.69, 9.17) is 0 Å². The molecule has 3 aromatic rings. The highest BCUT2D eigenvalue weighted by Crippen LogP contribution is 2.30. The normalized spacial score (nSPS) is 14.0. The third-order valence-corrected chi connectivity index (χ3v) is 5.69. The summed E-state index contributed by atoms with van der Waals surface area (Å²) in [5, 5.41) is 5.93. The van der Waals surface area contributed by atoms with E-state index in [9.17, 15) is 0 Å². The van der Waals surface area contributed by atoms with Gasteiger partial charge in [-0.2, -0.15) is 0 Å². The molecule has 0 amide bonds. The molecule has 1 aromatic carbocycles. The van der Waals surface area contributed by atoms with Gasteiger partial charge >= 0.3 is 0 Å². The molecule has 0 aliphatic carbocycles. The standard InChI is InChI=1S/C18H19NS2/c1-13-10-11-16(21-13)14(2)19-18(17-9-6-12-20-17)15-7-4-3-5-8-15/h3-12,14,18-19H,1-2H3. The van der Waals surface area contributed by atoms with Crippen molar-refractivity contribution in [1.82, 2.24) is 5.32 Å². The second-order valence-corrected chi connectivity index (χ2v) is 7.49. The zero-order valence-corrected chi connectivity index (χ0v) is 13.9. The minimum Gasteiger partial charge on any atom is -0.298 e. The fourth-order valence-electron chi connectivity index (χ4n) is 2.46. The zero-order valence-electron chi connectivity index (χ0n) is 12.2. The number of hydrogen-bond donors (Lipinski definition) is 1. The maximum Gasteiger partial charge on any atom is 0.0675 e. The smallest absolute Gasteiger partial charge is 0.0675 e. The van der Waals surface area contributed by atoms with Gasteiger partial charge in [-0.05, 0) is 43.0 Å². The van der Waals surface area contributed by atoms with Crippen molar-refractivity contribution in [3.8, 4) is 0 Å². The Balaban J connectivity index is 1.86. The van der Waals surface area contributed by atoms with Gasteiger partial charge in [-0.3, -0.25) is 5.32 Å². The molecule has 0 fully saturated rings. The molecule has 0 bridgehead atoms. The van der Waals surface area contributed by atoms with Crippen molar-refractivity contribution in [2.75, 3.05) is 0 Å². The summed E-state index contributed by atoms with van der Waals surface area (Å²) in [7, 11) is 0. The Kier molecular flexibility index (Phi) is 4.54. The molecule has 0 saturated carbocycles. The van der Waals surface area contributed by atoms with Crippen LogP contribution in [0.4, 0.5) is 0 Å². The second kappa shape index (κ2) is 6.56. The minimum atomic E-state index is 0.253. The van der Waals surface area contributed by atoms with Crippen molar-refractivity contribution in [2.24, 2.45) is 0 Å². The SMILES string of the molecule is Cc1ccc(C(C)NC(c2ccccc2)c2cccs2)s1. The number of hydrogen-bond acceptors (Lipinski definition) is 3. The second-order valence-electron chi connectivity index (χ2n) is 5.20. The molecular formula is C18H19NS2. The molecule has 0 aliphatic heterocycles. The van der Waals surface area contributed by atoms with Crippen LogP contribution in [0.3, 0.4) is 0 Å². The summed E-state index contributed by atoms with van der Waals surface area (Å²) in [5.74, 6) is 0. The number of aryl methyl sites for hydroxylation is 1. The van der Waals surface area contributed by atoms with Crippen LogP contribution < -0.4 is 5.32 Å². The lowest BCUT2D eigenvalue weighted by Crippen LogP contribution is -2.24. The van der Waals surface area contributed by atoms with Crippen molar-refractivity contribution in [3.05, 3.63) is 80.2 Å². The topological polar surface area (TPSA) is 12.0 Å². The number of nitrogens with one attached hydrogen (secondary N) is 1. The van der Waals surface area contributed by atoms with Crippen LogP contribution in [0.5, 0.6) is 0 Å². The van der Waals surface area contributed by atoms with E-state index in [0.29, 0.717) is 6.04 Å². The van der Waals surface area contributed by atoms with E-state index in [1.807, 2.05) is 22.7 Å². The highest BCUT2D eigenvalue weighted by Gasteiger charge is 2.18. The number of benzene rings is 1. The number of rotatable bonds is 5. The van der Waals surface area contributed by atoms with Crippen LogP contribution in [-0.4, -0.2) is 0 Å². The van der Waals surface area contributed by atoms with Crippen LogP contribution in [-0.2, 0) is 0 Å². The maximum absolute atomic E-state index is 3.79. The van der Waals surface area contributed by atoms with Crippen molar-refractivity contribution in [1.29, 1.82) is 0 Å². The monoisotopic (exact) mass is 313 g/mol. The summed E-state index contributed by atoms with van der Waals surface area (Å²) in [6.45, 7) is 4.41. The first-order chi connectivity index (χ1) is 10.2. The molecule has 108 valence electrons. The first kappa shape index (κ1) is 14.5. The molecule has 0 saturated heterocycles. The third kappa shape index (κ3) is 3.43. The Morgan fingerprint density at radius 3 is 2.33 bits per heavy atom. The Morgan fingerprint density at radius 1 is 0.905 bits per heavy atom. The molecule has 2 unspecified atom stereocenters. The molecule has 2 atom stereocenters. The summed E-state index contributed by atoms with van der Waals surface area (Å²) < 4.78 is 0. The van der Waals surface area contributed by atoms with Crippen molar-refractivity contribution in [2.45, 2.75) is 25.9 Å². The molecule has 0 aliphatic rings. The molecule has 0 spiro atoms. The fraction of sp³-hybridized carbons (Fsp3) is 0.222. The van der Waals surface area contributed by atoms with E-state index in [-0.39, 0.29) is 6.04 Å². The van der Waals surface area contributed by atoms with Gasteiger partial charge in [-0.15, -0.1) is 22.7 Å². The van der Waals surface area contributed by atoms with E-state index in [1.165, 1.54) is 20.2 Å². The summed E-state index contributed by atoms with van der Waals surface area (Å²) in [6.07, 6.45) is 0. The van der Waals surface area contributed by atoms with Crippen LogP contribution >= 0.6 is 22.7 Å². The first-order valence-electron chi connectivity index (χ1n) is 7.15. The average molecular weight is 313 g/mol. The van der Waals surface area contributed by atoms with E-state index in [0.717, 1.165) is 0 Å². The molecular weight excluding hydrogens is 294 g/mol. The molecule has 1 N–H and O–H groups in total. The lowest BCUT2D eigenvalue weighted by atomic mass is 10.0. The minimum absolute atomic E-state index is 0.253. The maximum atomic E-state index is 3.79. The number of thiophene rings is 2. The van der Waals surface area contributed by atoms with Crippen LogP contribution in [0.1, 0.15) is 39.2 Å². The lowest BCUT2D eigenvalue weighted by Gasteiger charge is -2.22. The van der Waals surface area contributed by atoms with E-state index in [1.54, 1.807) is 0 Å². The van der Waals surface area contributed by atoms with Crippen LogP contribution in [0.15, 0.2) is 60.0 Å². The predicted octanol–water partition coefficient (Wildman–Crippen LogP) is 5.56. The Morgan fingerprint density at radius 2 is 1.71 bits per heavy atom. The van der Waals surface area contributed by atoms with Crippen molar-refractivity contribution < 1.29 is 0 Å². The van der Waals surface area contributed by atoms with Gasteiger partial charge in [0.1, 0.15) is 0 Å². The third-order valence-electron chi connectivity index (χ3n) is 3.57. The van der Waals surface area contributed by atoms with Crippen molar-refractivity contribution in [3.63, 3.8) is 0 Å². The highest BCUT2D eigenvalue weighted by molar-refractivity contribution is 7.12. The Labute approximate surface area is 134 Å². The summed E-state index contributed by atoms with van der Waals surface area (Å²) in [4.78, 5) is 4.12. The molecule has 2 heterocycles. The molecule has 3 rings (SSSR count). The fourth-order valence-corrected chi connectivity index (χ4v) is 4.16. The molecule has 21 heavy (non-hydrogen) atoms. The van der Waals surface area contributed by atoms with E-state index >= 15 is 0 Å². The average Bonchev–Trinajstić information content (AvgIpc) is 3.17. The van der Waals surface area contributed by atoms with Gasteiger partial charge in [0.15, 0.2) is 0 Å². The van der Waals surface area contributed by atoms with Gasteiger partial charge in [0.2, 0.25) is 0 Å². The van der Waals surface area contributed by atoms with Gasteiger partial charge in [-0.25, -0.2) is 0 Å². The van der Waals surface area contributed by atoms with Gasteiger partial charge in [-0.1, -0.05) is 36.4 Å². The highest BCUT2D eigenvalue weighted by atomic mass is 32.1. The van der Waals surface area contributed by atoms with Crippen molar-refractivity contribution >= 4 is 22.7 Å². The molecule has 1 nitrogen and oxygen atoms in total. The van der Waals surface area contributed by atoms with Crippen LogP contribution in [0.2, 0.25) is 0 Å². The zero-order chi connectivity index (χ0) is 14.7. The largest absolute Gasteiger partial charge is 0.298 e. The molecule has 3 heteroatoms. The van der Waals surface area contributed by atoms with Gasteiger partial charge in [0, 0.05) is 20.7 Å². The first-order valence-corrected chi connectivity index (χ1v) is 8.84. The van der Waals surface area contributed by atoms with Gasteiger partial charge in [0.05, 0.1) is 6.04 Å². The van der Waals surface area contributed by atoms with Crippen LogP contribution in [0, 0.1) is 6.92 Å². The summed E-state index contributed by atoms with van der Waals surface area (Å²) >= 11 is 3.68. The summed E-state index contributed by atoms with van der Waals surface area (Å²) in [5.41, 5.74) is 1.32. The van der Waals surface area contributed by atoms with Gasteiger partial charge in [0.25, 0.3) is 0 Å². The van der Waals surface area contributed by atoms with E-state index < -0.39 is 0 Å². The predicted molar refractivity (Wildman–Crippen MR) is 93.2 cm³/mol. The quantitative estimate of drug-likeness (QED) is 0.650. The lowest BCUT2D eigenvalue weighted by molar-refractivity contribution is 0.528. The van der Waals surface area contributed by atoms with Crippen LogP contribution in [0.25, 0.3) is 0 Å².